The molecule has 1 saturated heterocycles. The van der Waals surface area contributed by atoms with Gasteiger partial charge in [0.05, 0.1) is 18.7 Å². The number of carbonyl (C=O) groups is 2. The normalized spacial score (nSPS) is 19.2. The van der Waals surface area contributed by atoms with Crippen LogP contribution in [-0.2, 0) is 9.53 Å². The highest BCUT2D eigenvalue weighted by Gasteiger charge is 2.29. The van der Waals surface area contributed by atoms with E-state index in [1.807, 2.05) is 0 Å². The lowest BCUT2D eigenvalue weighted by molar-refractivity contribution is -0.154. The monoisotopic (exact) mass is 275 g/mol. The second kappa shape index (κ2) is 4.93. The minimum Gasteiger partial charge on any atom is -0.479 e. The zero-order valence-corrected chi connectivity index (χ0v) is 10.6. The van der Waals surface area contributed by atoms with Gasteiger partial charge in [0.25, 0.3) is 5.91 Å². The van der Waals surface area contributed by atoms with Gasteiger partial charge in [-0.15, -0.1) is 0 Å². The molecule has 7 nitrogen and oxygen atoms in total. The van der Waals surface area contributed by atoms with Gasteiger partial charge in [-0.1, -0.05) is 0 Å². The van der Waals surface area contributed by atoms with Gasteiger partial charge in [-0.2, -0.15) is 0 Å². The Morgan fingerprint density at radius 2 is 2.25 bits per heavy atom. The summed E-state index contributed by atoms with van der Waals surface area (Å²) in [6, 6.07) is 3.44. The van der Waals surface area contributed by atoms with E-state index in [2.05, 4.69) is 4.98 Å². The van der Waals surface area contributed by atoms with E-state index in [4.69, 9.17) is 9.84 Å². The molecule has 1 unspecified atom stereocenters. The number of pyridine rings is 1. The maximum absolute atomic E-state index is 12.4. The van der Waals surface area contributed by atoms with E-state index in [9.17, 15) is 9.59 Å². The molecule has 2 aromatic heterocycles. The summed E-state index contributed by atoms with van der Waals surface area (Å²) < 4.78 is 6.86. The Morgan fingerprint density at radius 3 is 3.05 bits per heavy atom. The largest absolute Gasteiger partial charge is 0.479 e. The van der Waals surface area contributed by atoms with Crippen LogP contribution in [0.2, 0.25) is 0 Å². The third-order valence-electron chi connectivity index (χ3n) is 3.26. The van der Waals surface area contributed by atoms with E-state index >= 15 is 0 Å². The lowest BCUT2D eigenvalue weighted by Gasteiger charge is -2.30. The maximum atomic E-state index is 12.4. The van der Waals surface area contributed by atoms with Crippen LogP contribution in [0.1, 0.15) is 10.4 Å². The smallest absolute Gasteiger partial charge is 0.334 e. The zero-order chi connectivity index (χ0) is 14.1. The Morgan fingerprint density at radius 1 is 1.40 bits per heavy atom. The molecular weight excluding hydrogens is 262 g/mol. The first-order valence-corrected chi connectivity index (χ1v) is 6.21. The fourth-order valence-corrected chi connectivity index (χ4v) is 2.21. The molecule has 104 valence electrons. The molecule has 1 fully saturated rings. The number of rotatable bonds is 2. The molecule has 0 spiro atoms. The lowest BCUT2D eigenvalue weighted by atomic mass is 10.2. The molecular formula is C13H13N3O4. The van der Waals surface area contributed by atoms with Crippen LogP contribution in [0.5, 0.6) is 0 Å². The van der Waals surface area contributed by atoms with Gasteiger partial charge in [0, 0.05) is 25.1 Å². The average Bonchev–Trinajstić information content (AvgIpc) is 2.94. The van der Waals surface area contributed by atoms with Crippen molar-refractivity contribution in [1.29, 1.82) is 0 Å². The van der Waals surface area contributed by atoms with Crippen LogP contribution in [0.15, 0.2) is 30.7 Å². The molecule has 2 aromatic rings. The van der Waals surface area contributed by atoms with Crippen LogP contribution < -0.4 is 0 Å². The van der Waals surface area contributed by atoms with E-state index in [1.165, 1.54) is 4.90 Å². The number of carboxylic acid groups (broad SMARTS) is 1. The van der Waals surface area contributed by atoms with Crippen molar-refractivity contribution in [3.63, 3.8) is 0 Å². The number of amides is 1. The predicted molar refractivity (Wildman–Crippen MR) is 68.5 cm³/mol. The minimum atomic E-state index is -1.05. The van der Waals surface area contributed by atoms with Gasteiger partial charge < -0.3 is 19.1 Å². The number of hydrogen-bond donors (Lipinski definition) is 1. The van der Waals surface area contributed by atoms with Gasteiger partial charge in [0.15, 0.2) is 6.10 Å². The van der Waals surface area contributed by atoms with E-state index in [0.717, 1.165) is 5.65 Å². The van der Waals surface area contributed by atoms with Gasteiger partial charge in [-0.3, -0.25) is 4.79 Å². The molecule has 1 aliphatic heterocycles. The summed E-state index contributed by atoms with van der Waals surface area (Å²) in [5, 5.41) is 8.95. The highest BCUT2D eigenvalue weighted by atomic mass is 16.5. The molecule has 0 saturated carbocycles. The third-order valence-corrected chi connectivity index (χ3v) is 3.26. The predicted octanol–water partition coefficient (Wildman–Crippen LogP) is 0.260. The molecule has 1 amide bonds. The second-order valence-corrected chi connectivity index (χ2v) is 4.56. The standard InChI is InChI=1S/C13H13N3O4/c17-12(16-5-6-20-10(8-16)13(18)19)9-1-2-11-14-3-4-15(11)7-9/h1-4,7,10H,5-6,8H2,(H,18,19). The van der Waals surface area contributed by atoms with Crippen LogP contribution in [0, 0.1) is 0 Å². The Balaban J connectivity index is 1.82. The zero-order valence-electron chi connectivity index (χ0n) is 10.6. The van der Waals surface area contributed by atoms with E-state index in [-0.39, 0.29) is 19.1 Å². The van der Waals surface area contributed by atoms with E-state index in [1.54, 1.807) is 35.1 Å². The number of nitrogens with zero attached hydrogens (tertiary/aromatic N) is 3. The number of carboxylic acids is 1. The van der Waals surface area contributed by atoms with E-state index < -0.39 is 12.1 Å². The van der Waals surface area contributed by atoms with Gasteiger partial charge in [-0.05, 0) is 12.1 Å². The summed E-state index contributed by atoms with van der Waals surface area (Å²) in [5.74, 6) is -1.25. The summed E-state index contributed by atoms with van der Waals surface area (Å²) in [5.41, 5.74) is 1.26. The van der Waals surface area contributed by atoms with Crippen molar-refractivity contribution in [2.45, 2.75) is 6.10 Å². The summed E-state index contributed by atoms with van der Waals surface area (Å²) in [6.45, 7) is 0.691. The highest BCUT2D eigenvalue weighted by molar-refractivity contribution is 5.94. The van der Waals surface area contributed by atoms with Gasteiger partial charge in [0.2, 0.25) is 0 Å². The molecule has 1 atom stereocenters. The fraction of sp³-hybridized carbons (Fsp3) is 0.308. The first-order valence-electron chi connectivity index (χ1n) is 6.21. The number of morpholine rings is 1. The number of aromatic nitrogens is 2. The molecule has 3 heterocycles. The first kappa shape index (κ1) is 12.6. The topological polar surface area (TPSA) is 84.1 Å². The summed E-state index contributed by atoms with van der Waals surface area (Å²) in [4.78, 5) is 28.9. The number of imidazole rings is 1. The van der Waals surface area contributed by atoms with Crippen molar-refractivity contribution >= 4 is 17.5 Å². The van der Waals surface area contributed by atoms with Crippen LogP contribution in [0.3, 0.4) is 0 Å². The molecule has 20 heavy (non-hydrogen) atoms. The van der Waals surface area contributed by atoms with Gasteiger partial charge in [0.1, 0.15) is 5.65 Å². The number of fused-ring (bicyclic) bond motifs is 1. The van der Waals surface area contributed by atoms with Crippen molar-refractivity contribution in [1.82, 2.24) is 14.3 Å². The molecule has 1 N–H and O–H groups in total. The third kappa shape index (κ3) is 2.23. The van der Waals surface area contributed by atoms with Crippen molar-refractivity contribution in [2.24, 2.45) is 0 Å². The summed E-state index contributed by atoms with van der Waals surface area (Å²) in [6.07, 6.45) is 4.14. The van der Waals surface area contributed by atoms with Crippen molar-refractivity contribution in [3.8, 4) is 0 Å². The van der Waals surface area contributed by atoms with Crippen molar-refractivity contribution < 1.29 is 19.4 Å². The van der Waals surface area contributed by atoms with E-state index in [0.29, 0.717) is 12.1 Å². The SMILES string of the molecule is O=C(O)C1CN(C(=O)c2ccc3nccn3c2)CCO1. The maximum Gasteiger partial charge on any atom is 0.334 e. The van der Waals surface area contributed by atoms with Crippen LogP contribution in [0.25, 0.3) is 5.65 Å². The Labute approximate surface area is 114 Å². The number of carbonyl (C=O) groups excluding carboxylic acids is 1. The quantitative estimate of drug-likeness (QED) is 0.850. The molecule has 7 heteroatoms. The Kier molecular flexibility index (Phi) is 3.11. The fourth-order valence-electron chi connectivity index (χ4n) is 2.21. The average molecular weight is 275 g/mol. The van der Waals surface area contributed by atoms with Crippen LogP contribution in [-0.4, -0.2) is 57.1 Å². The van der Waals surface area contributed by atoms with Crippen LogP contribution >= 0.6 is 0 Å². The van der Waals surface area contributed by atoms with Gasteiger partial charge >= 0.3 is 5.97 Å². The number of aliphatic carboxylic acids is 1. The Hall–Kier alpha value is -2.41. The molecule has 0 aliphatic carbocycles. The van der Waals surface area contributed by atoms with Crippen molar-refractivity contribution in [3.05, 3.63) is 36.3 Å². The number of hydrogen-bond acceptors (Lipinski definition) is 4. The molecule has 0 aromatic carbocycles. The van der Waals surface area contributed by atoms with Crippen LogP contribution in [0.4, 0.5) is 0 Å². The highest BCUT2D eigenvalue weighted by Crippen LogP contribution is 2.12. The molecule has 3 rings (SSSR count). The number of ether oxygens (including phenoxy) is 1. The van der Waals surface area contributed by atoms with Crippen molar-refractivity contribution in [2.75, 3.05) is 19.7 Å². The van der Waals surface area contributed by atoms with Gasteiger partial charge in [-0.25, -0.2) is 9.78 Å². The second-order valence-electron chi connectivity index (χ2n) is 4.56. The Bertz CT molecular complexity index is 666. The summed E-state index contributed by atoms with van der Waals surface area (Å²) >= 11 is 0. The lowest BCUT2D eigenvalue weighted by Crippen LogP contribution is -2.48. The minimum absolute atomic E-state index is 0.0656. The first-order chi connectivity index (χ1) is 9.65. The molecule has 1 aliphatic rings. The molecule has 0 radical (unpaired) electrons. The summed E-state index contributed by atoms with van der Waals surface area (Å²) in [7, 11) is 0. The molecule has 0 bridgehead atoms.